The van der Waals surface area contributed by atoms with Crippen molar-refractivity contribution in [3.8, 4) is 5.75 Å². The van der Waals surface area contributed by atoms with Crippen LogP contribution in [0.15, 0.2) is 36.8 Å². The Hall–Kier alpha value is -2.92. The predicted octanol–water partition coefficient (Wildman–Crippen LogP) is 2.79. The van der Waals surface area contributed by atoms with Gasteiger partial charge in [0.15, 0.2) is 11.6 Å². The van der Waals surface area contributed by atoms with Crippen molar-refractivity contribution in [1.82, 2.24) is 4.98 Å². The van der Waals surface area contributed by atoms with Crippen LogP contribution in [0.2, 0.25) is 0 Å². The predicted molar refractivity (Wildman–Crippen MR) is 110 cm³/mol. The summed E-state index contributed by atoms with van der Waals surface area (Å²) >= 11 is 0. The van der Waals surface area contributed by atoms with Crippen LogP contribution in [-0.2, 0) is 10.0 Å². The number of rotatable bonds is 9. The van der Waals surface area contributed by atoms with E-state index in [2.05, 4.69) is 9.71 Å². The average Bonchev–Trinajstić information content (AvgIpc) is 2.64. The highest BCUT2D eigenvalue weighted by atomic mass is 32.2. The summed E-state index contributed by atoms with van der Waals surface area (Å²) in [5.41, 5.74) is 5.37. The number of ether oxygens (including phenoxy) is 1. The van der Waals surface area contributed by atoms with Crippen LogP contribution in [0.4, 0.5) is 20.2 Å². The Balaban J connectivity index is 0.00000450. The molecule has 0 atom stereocenters. The Morgan fingerprint density at radius 3 is 2.72 bits per heavy atom. The SMILES string of the molecule is CCCS(=O)(=O)Nc1ccc(F)c(N(N)/C=C(\N)c2cncc(OCC)c2)c1F.[HH]. The van der Waals surface area contributed by atoms with Crippen molar-refractivity contribution in [2.24, 2.45) is 11.6 Å². The number of nitrogens with two attached hydrogens (primary N) is 2. The Bertz CT molecular complexity index is 1010. The van der Waals surface area contributed by atoms with Crippen LogP contribution in [-0.4, -0.2) is 25.8 Å². The molecule has 2 aromatic rings. The van der Waals surface area contributed by atoms with Crippen LogP contribution in [0, 0.1) is 11.6 Å². The molecule has 1 aromatic carbocycles. The zero-order valence-corrected chi connectivity index (χ0v) is 16.8. The molecule has 29 heavy (non-hydrogen) atoms. The molecule has 0 aliphatic rings. The number of anilines is 2. The molecule has 0 fully saturated rings. The molecule has 0 saturated heterocycles. The maximum atomic E-state index is 14.8. The lowest BCUT2D eigenvalue weighted by atomic mass is 10.2. The molecule has 1 aromatic heterocycles. The standard InChI is InChI=1S/C18H23F2N5O3S.H2/c1-3-7-29(26,27)24-16-6-5-14(19)18(17(16)20)25(22)11-15(21)12-8-13(28-4-2)10-23-9-12;/h5-6,8-11,24H,3-4,7,21-22H2,1-2H3;1H/b15-11-;. The monoisotopic (exact) mass is 429 g/mol. The third-order valence-corrected chi connectivity index (χ3v) is 5.18. The van der Waals surface area contributed by atoms with Crippen molar-refractivity contribution < 1.29 is 23.4 Å². The van der Waals surface area contributed by atoms with Gasteiger partial charge in [0.1, 0.15) is 11.4 Å². The highest BCUT2D eigenvalue weighted by Crippen LogP contribution is 2.29. The van der Waals surface area contributed by atoms with Crippen LogP contribution in [0.5, 0.6) is 5.75 Å². The molecule has 0 radical (unpaired) electrons. The maximum absolute atomic E-state index is 14.8. The summed E-state index contributed by atoms with van der Waals surface area (Å²) in [6.45, 7) is 3.89. The Morgan fingerprint density at radius 1 is 1.34 bits per heavy atom. The number of hydrogen-bond acceptors (Lipinski definition) is 7. The molecule has 0 saturated carbocycles. The first kappa shape index (κ1) is 22.4. The Morgan fingerprint density at radius 2 is 2.07 bits per heavy atom. The van der Waals surface area contributed by atoms with Gasteiger partial charge in [-0.05, 0) is 31.5 Å². The topological polar surface area (TPSA) is 124 Å². The minimum atomic E-state index is -3.77. The average molecular weight is 429 g/mol. The van der Waals surface area contributed by atoms with Gasteiger partial charge in [-0.15, -0.1) is 0 Å². The van der Waals surface area contributed by atoms with Gasteiger partial charge in [0.2, 0.25) is 10.0 Å². The largest absolute Gasteiger partial charge is 0.492 e. The third kappa shape index (κ3) is 5.78. The van der Waals surface area contributed by atoms with Gasteiger partial charge in [0, 0.05) is 19.4 Å². The lowest BCUT2D eigenvalue weighted by Crippen LogP contribution is -2.28. The highest BCUT2D eigenvalue weighted by molar-refractivity contribution is 7.92. The Labute approximate surface area is 169 Å². The summed E-state index contributed by atoms with van der Waals surface area (Å²) in [6.07, 6.45) is 4.36. The number of benzene rings is 1. The summed E-state index contributed by atoms with van der Waals surface area (Å²) < 4.78 is 60.2. The smallest absolute Gasteiger partial charge is 0.232 e. The van der Waals surface area contributed by atoms with Gasteiger partial charge in [-0.25, -0.2) is 23.0 Å². The van der Waals surface area contributed by atoms with E-state index in [4.69, 9.17) is 16.3 Å². The molecule has 0 unspecified atom stereocenters. The van der Waals surface area contributed by atoms with Crippen LogP contribution in [0.1, 0.15) is 27.3 Å². The summed E-state index contributed by atoms with van der Waals surface area (Å²) in [6, 6.07) is 3.49. The second kappa shape index (κ2) is 9.52. The van der Waals surface area contributed by atoms with E-state index in [1.807, 2.05) is 0 Å². The molecule has 0 spiro atoms. The molecule has 0 aliphatic heterocycles. The molecule has 0 aliphatic carbocycles. The summed E-state index contributed by atoms with van der Waals surface area (Å²) in [7, 11) is -3.77. The second-order valence-corrected chi connectivity index (χ2v) is 7.85. The zero-order valence-electron chi connectivity index (χ0n) is 16.0. The van der Waals surface area contributed by atoms with E-state index in [-0.39, 0.29) is 12.9 Å². The van der Waals surface area contributed by atoms with E-state index in [0.29, 0.717) is 29.3 Å². The van der Waals surface area contributed by atoms with Gasteiger partial charge >= 0.3 is 0 Å². The molecule has 0 amide bonds. The molecule has 1 heterocycles. The fourth-order valence-electron chi connectivity index (χ4n) is 2.46. The van der Waals surface area contributed by atoms with Crippen LogP contribution < -0.4 is 26.0 Å². The summed E-state index contributed by atoms with van der Waals surface area (Å²) in [5.74, 6) is 3.89. The molecule has 2 rings (SSSR count). The minimum Gasteiger partial charge on any atom is -0.492 e. The molecule has 5 N–H and O–H groups in total. The van der Waals surface area contributed by atoms with E-state index in [0.717, 1.165) is 18.3 Å². The van der Waals surface area contributed by atoms with Gasteiger partial charge in [-0.1, -0.05) is 6.92 Å². The van der Waals surface area contributed by atoms with E-state index < -0.39 is 33.0 Å². The van der Waals surface area contributed by atoms with Crippen molar-refractivity contribution in [2.45, 2.75) is 20.3 Å². The third-order valence-electron chi connectivity index (χ3n) is 3.70. The number of sulfonamides is 1. The van der Waals surface area contributed by atoms with Crippen LogP contribution >= 0.6 is 0 Å². The number of nitrogens with one attached hydrogen (secondary N) is 1. The van der Waals surface area contributed by atoms with Gasteiger partial charge in [-0.2, -0.15) is 0 Å². The van der Waals surface area contributed by atoms with E-state index in [1.165, 1.54) is 12.4 Å². The van der Waals surface area contributed by atoms with Crippen molar-refractivity contribution in [3.05, 3.63) is 54.0 Å². The first-order chi connectivity index (χ1) is 13.7. The molecule has 160 valence electrons. The van der Waals surface area contributed by atoms with E-state index >= 15 is 0 Å². The van der Waals surface area contributed by atoms with Crippen LogP contribution in [0.25, 0.3) is 5.70 Å². The van der Waals surface area contributed by atoms with Gasteiger partial charge in [0.25, 0.3) is 0 Å². The maximum Gasteiger partial charge on any atom is 0.232 e. The molecular formula is C18H25F2N5O3S. The van der Waals surface area contributed by atoms with E-state index in [1.54, 1.807) is 19.9 Å². The Kier molecular flexibility index (Phi) is 7.35. The van der Waals surface area contributed by atoms with Crippen molar-refractivity contribution in [1.29, 1.82) is 0 Å². The molecule has 0 bridgehead atoms. The van der Waals surface area contributed by atoms with Gasteiger partial charge in [0.05, 0.1) is 29.9 Å². The number of aromatic nitrogens is 1. The van der Waals surface area contributed by atoms with Gasteiger partial charge in [-0.3, -0.25) is 14.7 Å². The molecule has 8 nitrogen and oxygen atoms in total. The molecule has 11 heteroatoms. The fourth-order valence-corrected chi connectivity index (χ4v) is 3.59. The summed E-state index contributed by atoms with van der Waals surface area (Å²) in [5, 5.41) is 0.644. The van der Waals surface area contributed by atoms with Crippen molar-refractivity contribution >= 4 is 27.1 Å². The minimum absolute atomic E-state index is 0. The lowest BCUT2D eigenvalue weighted by Gasteiger charge is -2.19. The number of hydrazine groups is 1. The second-order valence-electron chi connectivity index (χ2n) is 6.01. The quantitative estimate of drug-likeness (QED) is 0.414. The first-order valence-corrected chi connectivity index (χ1v) is 10.4. The van der Waals surface area contributed by atoms with Crippen molar-refractivity contribution in [2.75, 3.05) is 22.1 Å². The number of nitrogens with zero attached hydrogens (tertiary/aromatic N) is 2. The number of hydrogen-bond donors (Lipinski definition) is 3. The highest BCUT2D eigenvalue weighted by Gasteiger charge is 2.20. The first-order valence-electron chi connectivity index (χ1n) is 8.76. The van der Waals surface area contributed by atoms with E-state index in [9.17, 15) is 17.2 Å². The van der Waals surface area contributed by atoms with Crippen LogP contribution in [0.3, 0.4) is 0 Å². The lowest BCUT2D eigenvalue weighted by molar-refractivity contribution is 0.339. The number of pyridine rings is 1. The number of halogens is 2. The van der Waals surface area contributed by atoms with Gasteiger partial charge < -0.3 is 10.5 Å². The normalized spacial score (nSPS) is 12.0. The zero-order chi connectivity index (χ0) is 21.6. The summed E-state index contributed by atoms with van der Waals surface area (Å²) in [4.78, 5) is 3.98. The molecular weight excluding hydrogens is 404 g/mol. The van der Waals surface area contributed by atoms with Crippen molar-refractivity contribution in [3.63, 3.8) is 0 Å². The fraction of sp³-hybridized carbons (Fsp3) is 0.278.